The molecule has 4 aromatic rings. The van der Waals surface area contributed by atoms with Crippen LogP contribution in [0.2, 0.25) is 5.02 Å². The molecule has 132 valence electrons. The molecule has 2 heterocycles. The van der Waals surface area contributed by atoms with Crippen LogP contribution in [0.15, 0.2) is 78.9 Å². The minimum absolute atomic E-state index is 0.122. The predicted molar refractivity (Wildman–Crippen MR) is 111 cm³/mol. The Kier molecular flexibility index (Phi) is 3.80. The number of aromatic amines is 1. The van der Waals surface area contributed by atoms with Crippen LogP contribution in [0.25, 0.3) is 16.7 Å². The van der Waals surface area contributed by atoms with E-state index in [2.05, 4.69) is 54.4 Å². The summed E-state index contributed by atoms with van der Waals surface area (Å²) in [6.07, 6.45) is 2.22. The summed E-state index contributed by atoms with van der Waals surface area (Å²) >= 11 is 6.06. The number of hydrogen-bond acceptors (Lipinski definition) is 1. The van der Waals surface area contributed by atoms with E-state index in [9.17, 15) is 0 Å². The van der Waals surface area contributed by atoms with E-state index in [4.69, 9.17) is 16.3 Å². The van der Waals surface area contributed by atoms with Crippen molar-refractivity contribution in [2.24, 2.45) is 0 Å². The van der Waals surface area contributed by atoms with Crippen molar-refractivity contribution in [2.75, 3.05) is 0 Å². The Hall–Kier alpha value is -2.97. The van der Waals surface area contributed by atoms with Crippen LogP contribution in [-0.2, 0) is 0 Å². The normalized spacial score (nSPS) is 15.9. The first-order chi connectivity index (χ1) is 13.2. The number of rotatable bonds is 2. The molecule has 3 aromatic carbocycles. The summed E-state index contributed by atoms with van der Waals surface area (Å²) in [5.41, 5.74) is 5.85. The van der Waals surface area contributed by atoms with Gasteiger partial charge in [-0.15, -0.1) is 0 Å². The maximum absolute atomic E-state index is 6.25. The number of nitrogens with one attached hydrogen (secondary N) is 1. The van der Waals surface area contributed by atoms with Gasteiger partial charge in [0.15, 0.2) is 0 Å². The molecule has 5 rings (SSSR count). The van der Waals surface area contributed by atoms with E-state index in [1.807, 2.05) is 36.4 Å². The number of aromatic nitrogens is 1. The molecule has 0 saturated heterocycles. The molecule has 1 aromatic heterocycles. The molecule has 2 nitrogen and oxygen atoms in total. The van der Waals surface area contributed by atoms with Gasteiger partial charge in [0, 0.05) is 38.7 Å². The summed E-state index contributed by atoms with van der Waals surface area (Å²) in [5.74, 6) is 1.89. The zero-order valence-corrected chi connectivity index (χ0v) is 15.6. The summed E-state index contributed by atoms with van der Waals surface area (Å²) in [4.78, 5) is 3.53. The van der Waals surface area contributed by atoms with Gasteiger partial charge in [-0.1, -0.05) is 48.0 Å². The molecule has 1 atom stereocenters. The second-order valence-corrected chi connectivity index (χ2v) is 7.30. The van der Waals surface area contributed by atoms with E-state index in [-0.39, 0.29) is 5.92 Å². The van der Waals surface area contributed by atoms with Gasteiger partial charge in [-0.05, 0) is 55.0 Å². The fourth-order valence-corrected chi connectivity index (χ4v) is 4.06. The largest absolute Gasteiger partial charge is 0.457 e. The maximum Gasteiger partial charge on any atom is 0.131 e. The number of halogens is 1. The third kappa shape index (κ3) is 2.73. The first kappa shape index (κ1) is 16.2. The van der Waals surface area contributed by atoms with Crippen molar-refractivity contribution in [3.05, 3.63) is 106 Å². The Morgan fingerprint density at radius 1 is 0.889 bits per heavy atom. The van der Waals surface area contributed by atoms with Crippen LogP contribution >= 0.6 is 11.6 Å². The number of ether oxygens (including phenoxy) is 1. The second-order valence-electron chi connectivity index (χ2n) is 6.86. The number of fused-ring (bicyclic) bond motifs is 2. The van der Waals surface area contributed by atoms with Gasteiger partial charge in [0.1, 0.15) is 11.5 Å². The van der Waals surface area contributed by atoms with Crippen LogP contribution in [0.4, 0.5) is 0 Å². The highest BCUT2D eigenvalue weighted by molar-refractivity contribution is 6.30. The zero-order valence-electron chi connectivity index (χ0n) is 14.9. The van der Waals surface area contributed by atoms with Crippen LogP contribution in [0.5, 0.6) is 5.75 Å². The Labute approximate surface area is 163 Å². The summed E-state index contributed by atoms with van der Waals surface area (Å²) in [6.45, 7) is 2.14. The van der Waals surface area contributed by atoms with E-state index in [0.717, 1.165) is 27.6 Å². The smallest absolute Gasteiger partial charge is 0.131 e. The molecule has 1 aliphatic heterocycles. The first-order valence-electron chi connectivity index (χ1n) is 9.02. The van der Waals surface area contributed by atoms with E-state index >= 15 is 0 Å². The maximum atomic E-state index is 6.25. The van der Waals surface area contributed by atoms with Gasteiger partial charge in [-0.2, -0.15) is 0 Å². The van der Waals surface area contributed by atoms with Crippen molar-refractivity contribution >= 4 is 28.3 Å². The summed E-state index contributed by atoms with van der Waals surface area (Å²) < 4.78 is 6.25. The molecule has 0 fully saturated rings. The van der Waals surface area contributed by atoms with E-state index in [1.165, 1.54) is 22.2 Å². The van der Waals surface area contributed by atoms with Gasteiger partial charge in [0.25, 0.3) is 0 Å². The van der Waals surface area contributed by atoms with Crippen LogP contribution in [0.3, 0.4) is 0 Å². The number of hydrogen-bond donors (Lipinski definition) is 1. The minimum Gasteiger partial charge on any atom is -0.457 e. The van der Waals surface area contributed by atoms with Crippen LogP contribution in [-0.4, -0.2) is 4.98 Å². The lowest BCUT2D eigenvalue weighted by atomic mass is 9.86. The summed E-state index contributed by atoms with van der Waals surface area (Å²) in [6, 6.07) is 24.5. The minimum atomic E-state index is 0.122. The van der Waals surface area contributed by atoms with Crippen molar-refractivity contribution in [1.82, 2.24) is 4.98 Å². The van der Waals surface area contributed by atoms with Gasteiger partial charge in [-0.25, -0.2) is 0 Å². The van der Waals surface area contributed by atoms with Crippen LogP contribution in [0, 0.1) is 6.92 Å². The average Bonchev–Trinajstić information content (AvgIpc) is 3.03. The van der Waals surface area contributed by atoms with Gasteiger partial charge in [0.2, 0.25) is 0 Å². The fourth-order valence-electron chi connectivity index (χ4n) is 3.93. The number of H-pyrrole nitrogens is 1. The highest BCUT2D eigenvalue weighted by Crippen LogP contribution is 2.44. The fraction of sp³-hybridized carbons (Fsp3) is 0.0833. The van der Waals surface area contributed by atoms with Crippen LogP contribution in [0.1, 0.15) is 28.3 Å². The zero-order chi connectivity index (χ0) is 18.4. The molecule has 27 heavy (non-hydrogen) atoms. The molecule has 1 N–H and O–H groups in total. The molecule has 0 saturated carbocycles. The lowest BCUT2D eigenvalue weighted by Gasteiger charge is -2.26. The monoisotopic (exact) mass is 371 g/mol. The molecule has 3 heteroatoms. The van der Waals surface area contributed by atoms with Gasteiger partial charge >= 0.3 is 0 Å². The van der Waals surface area contributed by atoms with Crippen molar-refractivity contribution in [1.29, 1.82) is 0 Å². The molecule has 0 spiro atoms. The molecule has 0 radical (unpaired) electrons. The molecular formula is C24H18ClNO. The van der Waals surface area contributed by atoms with Crippen LogP contribution < -0.4 is 4.74 Å². The predicted octanol–water partition coefficient (Wildman–Crippen LogP) is 6.70. The molecule has 0 aliphatic carbocycles. The number of para-hydroxylation sites is 2. The van der Waals surface area contributed by atoms with Gasteiger partial charge in [-0.3, -0.25) is 0 Å². The standard InChI is InChI=1S/C24H18ClNO/c1-15-24(19-7-2-4-8-21(19)26-15)20-14-23(16-10-12-17(25)13-11-16)27-22-9-5-3-6-18(20)22/h2-14,20,26H,1H3. The van der Waals surface area contributed by atoms with Crippen molar-refractivity contribution in [3.8, 4) is 5.75 Å². The van der Waals surface area contributed by atoms with E-state index in [1.54, 1.807) is 0 Å². The van der Waals surface area contributed by atoms with Gasteiger partial charge in [0.05, 0.1) is 0 Å². The van der Waals surface area contributed by atoms with E-state index < -0.39 is 0 Å². The highest BCUT2D eigenvalue weighted by atomic mass is 35.5. The summed E-state index contributed by atoms with van der Waals surface area (Å²) in [5, 5.41) is 1.97. The van der Waals surface area contributed by atoms with Crippen molar-refractivity contribution in [3.63, 3.8) is 0 Å². The van der Waals surface area contributed by atoms with Crippen molar-refractivity contribution < 1.29 is 4.74 Å². The molecule has 0 amide bonds. The summed E-state index contributed by atoms with van der Waals surface area (Å²) in [7, 11) is 0. The Bertz CT molecular complexity index is 1170. The topological polar surface area (TPSA) is 25.0 Å². The molecule has 1 unspecified atom stereocenters. The average molecular weight is 372 g/mol. The van der Waals surface area contributed by atoms with Gasteiger partial charge < -0.3 is 9.72 Å². The van der Waals surface area contributed by atoms with E-state index in [0.29, 0.717) is 0 Å². The Morgan fingerprint density at radius 3 is 2.48 bits per heavy atom. The quantitative estimate of drug-likeness (QED) is 0.417. The third-order valence-corrected chi connectivity index (χ3v) is 5.43. The number of allylic oxidation sites excluding steroid dienone is 1. The lowest BCUT2D eigenvalue weighted by Crippen LogP contribution is -2.10. The molecule has 1 aliphatic rings. The molecule has 0 bridgehead atoms. The lowest BCUT2D eigenvalue weighted by molar-refractivity contribution is 0.492. The second kappa shape index (κ2) is 6.33. The van der Waals surface area contributed by atoms with Crippen molar-refractivity contribution in [2.45, 2.75) is 12.8 Å². The highest BCUT2D eigenvalue weighted by Gasteiger charge is 2.27. The number of benzene rings is 3. The number of aryl methyl sites for hydroxylation is 1. The molecular weight excluding hydrogens is 354 g/mol. The third-order valence-electron chi connectivity index (χ3n) is 5.18. The Morgan fingerprint density at radius 2 is 1.63 bits per heavy atom. The Balaban J connectivity index is 1.73. The first-order valence-corrected chi connectivity index (χ1v) is 9.40. The SMILES string of the molecule is Cc1[nH]c2ccccc2c1C1C=C(c2ccc(Cl)cc2)Oc2ccccc21.